The van der Waals surface area contributed by atoms with Gasteiger partial charge in [0.2, 0.25) is 0 Å². The van der Waals surface area contributed by atoms with Crippen molar-refractivity contribution in [3.8, 4) is 0 Å². The van der Waals surface area contributed by atoms with E-state index in [0.29, 0.717) is 17.3 Å². The fraction of sp³-hybridized carbons (Fsp3) is 0.368. The van der Waals surface area contributed by atoms with Crippen molar-refractivity contribution in [2.45, 2.75) is 25.7 Å². The lowest BCUT2D eigenvalue weighted by Gasteiger charge is -2.30. The van der Waals surface area contributed by atoms with E-state index in [2.05, 4.69) is 28.3 Å². The molecular weight excluding hydrogens is 332 g/mol. The minimum Gasteiger partial charge on any atom is -0.360 e. The molecule has 1 amide bonds. The lowest BCUT2D eigenvalue weighted by atomic mass is 9.90. The molecule has 4 heterocycles. The fourth-order valence-corrected chi connectivity index (χ4v) is 4.18. The van der Waals surface area contributed by atoms with Gasteiger partial charge in [0, 0.05) is 11.6 Å². The summed E-state index contributed by atoms with van der Waals surface area (Å²) in [7, 11) is 0. The second-order valence-corrected chi connectivity index (χ2v) is 7.29. The van der Waals surface area contributed by atoms with Gasteiger partial charge in [-0.2, -0.15) is 11.3 Å². The number of fused-ring (bicyclic) bond motifs is 1. The van der Waals surface area contributed by atoms with Crippen LogP contribution in [0.1, 0.15) is 41.6 Å². The van der Waals surface area contributed by atoms with Crippen LogP contribution in [-0.4, -0.2) is 40.4 Å². The van der Waals surface area contributed by atoms with E-state index < -0.39 is 0 Å². The van der Waals surface area contributed by atoms with E-state index in [-0.39, 0.29) is 5.91 Å². The Morgan fingerprint density at radius 3 is 2.92 bits per heavy atom. The zero-order chi connectivity index (χ0) is 17.2. The number of hydrogen-bond acceptors (Lipinski definition) is 4. The molecule has 0 radical (unpaired) electrons. The zero-order valence-corrected chi connectivity index (χ0v) is 15.1. The number of pyridine rings is 1. The predicted octanol–water partition coefficient (Wildman–Crippen LogP) is 4.08. The number of H-pyrrole nitrogens is 1. The van der Waals surface area contributed by atoms with Crippen LogP contribution in [0.5, 0.6) is 0 Å². The van der Waals surface area contributed by atoms with E-state index in [9.17, 15) is 4.79 Å². The monoisotopic (exact) mass is 354 g/mol. The Hall–Kier alpha value is -2.18. The second kappa shape index (κ2) is 6.98. The van der Waals surface area contributed by atoms with Crippen LogP contribution in [0.25, 0.3) is 11.0 Å². The standard InChI is InChI=1S/C19H22N4OS/c1-2-23-8-5-13(6-9-23)15-11-20-16-3-4-17(21-18(15)16)22-19(24)14-7-10-25-12-14/h3-4,7,10-13,20H,2,5-6,8-9H2,1H3,(H,21,22,24). The summed E-state index contributed by atoms with van der Waals surface area (Å²) in [6.07, 6.45) is 4.41. The topological polar surface area (TPSA) is 61.0 Å². The van der Waals surface area contributed by atoms with Crippen molar-refractivity contribution in [2.75, 3.05) is 25.0 Å². The van der Waals surface area contributed by atoms with Crippen LogP contribution in [-0.2, 0) is 0 Å². The molecule has 1 aliphatic rings. The van der Waals surface area contributed by atoms with Gasteiger partial charge in [0.25, 0.3) is 5.91 Å². The highest BCUT2D eigenvalue weighted by atomic mass is 32.1. The average molecular weight is 354 g/mol. The molecule has 6 heteroatoms. The van der Waals surface area contributed by atoms with Gasteiger partial charge in [0.1, 0.15) is 5.82 Å². The van der Waals surface area contributed by atoms with Crippen molar-refractivity contribution in [3.63, 3.8) is 0 Å². The van der Waals surface area contributed by atoms with E-state index in [1.54, 1.807) is 0 Å². The Kier molecular flexibility index (Phi) is 4.55. The predicted molar refractivity (Wildman–Crippen MR) is 102 cm³/mol. The molecule has 0 spiro atoms. The number of aromatic nitrogens is 2. The van der Waals surface area contributed by atoms with Gasteiger partial charge in [-0.25, -0.2) is 4.98 Å². The summed E-state index contributed by atoms with van der Waals surface area (Å²) in [5, 5.41) is 6.65. The van der Waals surface area contributed by atoms with Crippen molar-refractivity contribution >= 4 is 34.1 Å². The number of thiophene rings is 1. The zero-order valence-electron chi connectivity index (χ0n) is 14.3. The SMILES string of the molecule is CCN1CCC(c2c[nH]c3ccc(NC(=O)c4ccsc4)nc23)CC1. The van der Waals surface area contributed by atoms with E-state index in [1.165, 1.54) is 16.9 Å². The summed E-state index contributed by atoms with van der Waals surface area (Å²) < 4.78 is 0. The number of carbonyl (C=O) groups excluding carboxylic acids is 1. The first-order valence-electron chi connectivity index (χ1n) is 8.78. The van der Waals surface area contributed by atoms with Crippen molar-refractivity contribution in [1.29, 1.82) is 0 Å². The Morgan fingerprint density at radius 1 is 1.36 bits per heavy atom. The molecule has 1 saturated heterocycles. The normalized spacial score (nSPS) is 16.4. The highest BCUT2D eigenvalue weighted by molar-refractivity contribution is 7.08. The third kappa shape index (κ3) is 3.32. The lowest BCUT2D eigenvalue weighted by Crippen LogP contribution is -2.32. The van der Waals surface area contributed by atoms with Gasteiger partial charge in [0.05, 0.1) is 16.6 Å². The average Bonchev–Trinajstić information content (AvgIpc) is 3.31. The summed E-state index contributed by atoms with van der Waals surface area (Å²) in [6, 6.07) is 5.67. The maximum absolute atomic E-state index is 12.2. The van der Waals surface area contributed by atoms with Gasteiger partial charge in [-0.15, -0.1) is 0 Å². The Morgan fingerprint density at radius 2 is 2.20 bits per heavy atom. The number of anilines is 1. The molecule has 3 aromatic rings. The number of piperidine rings is 1. The van der Waals surface area contributed by atoms with Crippen molar-refractivity contribution in [1.82, 2.24) is 14.9 Å². The quantitative estimate of drug-likeness (QED) is 0.742. The number of carbonyl (C=O) groups is 1. The van der Waals surface area contributed by atoms with E-state index in [4.69, 9.17) is 4.98 Å². The van der Waals surface area contributed by atoms with Crippen LogP contribution in [0.3, 0.4) is 0 Å². The molecule has 3 aromatic heterocycles. The maximum Gasteiger partial charge on any atom is 0.257 e. The lowest BCUT2D eigenvalue weighted by molar-refractivity contribution is 0.102. The smallest absolute Gasteiger partial charge is 0.257 e. The van der Waals surface area contributed by atoms with Crippen LogP contribution in [0.2, 0.25) is 0 Å². The number of rotatable bonds is 4. The third-order valence-electron chi connectivity index (χ3n) is 5.05. The van der Waals surface area contributed by atoms with Gasteiger partial charge in [-0.1, -0.05) is 6.92 Å². The van der Waals surface area contributed by atoms with E-state index in [1.807, 2.05) is 29.0 Å². The Bertz CT molecular complexity index is 863. The van der Waals surface area contributed by atoms with Gasteiger partial charge >= 0.3 is 0 Å². The van der Waals surface area contributed by atoms with Crippen molar-refractivity contribution in [2.24, 2.45) is 0 Å². The number of nitrogens with zero attached hydrogens (tertiary/aromatic N) is 2. The van der Waals surface area contributed by atoms with Gasteiger partial charge in [-0.05, 0) is 67.5 Å². The molecule has 0 unspecified atom stereocenters. The molecule has 2 N–H and O–H groups in total. The molecule has 130 valence electrons. The van der Waals surface area contributed by atoms with Crippen LogP contribution in [0, 0.1) is 0 Å². The van der Waals surface area contributed by atoms with Gasteiger partial charge < -0.3 is 15.2 Å². The number of amides is 1. The molecule has 1 fully saturated rings. The van der Waals surface area contributed by atoms with E-state index >= 15 is 0 Å². The summed E-state index contributed by atoms with van der Waals surface area (Å²) in [6.45, 7) is 5.62. The number of hydrogen-bond donors (Lipinski definition) is 2. The van der Waals surface area contributed by atoms with E-state index in [0.717, 1.165) is 43.5 Å². The molecule has 0 aliphatic carbocycles. The molecule has 4 rings (SSSR count). The number of likely N-dealkylation sites (tertiary alicyclic amines) is 1. The third-order valence-corrected chi connectivity index (χ3v) is 5.73. The van der Waals surface area contributed by atoms with Crippen molar-refractivity contribution in [3.05, 3.63) is 46.3 Å². The van der Waals surface area contributed by atoms with Crippen LogP contribution >= 0.6 is 11.3 Å². The summed E-state index contributed by atoms with van der Waals surface area (Å²) >= 11 is 1.52. The van der Waals surface area contributed by atoms with Gasteiger partial charge in [0.15, 0.2) is 0 Å². The van der Waals surface area contributed by atoms with Crippen LogP contribution in [0.15, 0.2) is 35.2 Å². The van der Waals surface area contributed by atoms with Crippen molar-refractivity contribution < 1.29 is 4.79 Å². The summed E-state index contributed by atoms with van der Waals surface area (Å²) in [5.41, 5.74) is 3.96. The molecule has 25 heavy (non-hydrogen) atoms. The first-order valence-corrected chi connectivity index (χ1v) is 9.73. The maximum atomic E-state index is 12.2. The first kappa shape index (κ1) is 16.3. The molecule has 0 aromatic carbocycles. The van der Waals surface area contributed by atoms with Gasteiger partial charge in [-0.3, -0.25) is 4.79 Å². The fourth-order valence-electron chi connectivity index (χ4n) is 3.54. The first-order chi connectivity index (χ1) is 12.2. The summed E-state index contributed by atoms with van der Waals surface area (Å²) in [5.74, 6) is 1.03. The number of aromatic amines is 1. The summed E-state index contributed by atoms with van der Waals surface area (Å²) in [4.78, 5) is 22.8. The molecule has 0 bridgehead atoms. The molecule has 0 atom stereocenters. The Labute approximate surface area is 151 Å². The van der Waals surface area contributed by atoms with Crippen LogP contribution in [0.4, 0.5) is 5.82 Å². The largest absolute Gasteiger partial charge is 0.360 e. The second-order valence-electron chi connectivity index (χ2n) is 6.51. The molecule has 1 aliphatic heterocycles. The highest BCUT2D eigenvalue weighted by Gasteiger charge is 2.23. The highest BCUT2D eigenvalue weighted by Crippen LogP contribution is 2.32. The molecule has 0 saturated carbocycles. The minimum atomic E-state index is -0.110. The Balaban J connectivity index is 1.56. The van der Waals surface area contributed by atoms with Crippen LogP contribution < -0.4 is 5.32 Å². The number of nitrogens with one attached hydrogen (secondary N) is 2. The minimum absolute atomic E-state index is 0.110. The molecular formula is C19H22N4OS. The molecule has 5 nitrogen and oxygen atoms in total.